The molecule has 6 nitrogen and oxygen atoms in total. The summed E-state index contributed by atoms with van der Waals surface area (Å²) in [6, 6.07) is 8.65. The van der Waals surface area contributed by atoms with Gasteiger partial charge in [0.1, 0.15) is 5.82 Å². The zero-order chi connectivity index (χ0) is 20.5. The molecule has 1 aliphatic heterocycles. The average molecular weight is 434 g/mol. The molecule has 1 saturated heterocycles. The standard InChI is InChI=1S/C20H17ClFN3O3S/c21-15-9-12(4-6-16(15)22)25-19(27)14-5-3-11(8-17(14)24-20(25)29)18(26)23-10-13-2-1-7-28-13/h3-6,8-9,13H,1-2,7,10H2,(H,23,26)(H,24,29)/t13-/m0/s1. The molecule has 2 aromatic carbocycles. The Hall–Kier alpha value is -2.55. The number of aromatic amines is 1. The van der Waals surface area contributed by atoms with Crippen LogP contribution in [0.4, 0.5) is 4.39 Å². The zero-order valence-electron chi connectivity index (χ0n) is 15.2. The van der Waals surface area contributed by atoms with Gasteiger partial charge < -0.3 is 15.0 Å². The van der Waals surface area contributed by atoms with Crippen LogP contribution in [0.2, 0.25) is 5.02 Å². The molecule has 1 fully saturated rings. The highest BCUT2D eigenvalue weighted by Gasteiger charge is 2.17. The molecule has 0 unspecified atom stereocenters. The first-order chi connectivity index (χ1) is 13.9. The van der Waals surface area contributed by atoms with Gasteiger partial charge in [0.05, 0.1) is 27.7 Å². The summed E-state index contributed by atoms with van der Waals surface area (Å²) < 4.78 is 20.3. The number of hydrogen-bond donors (Lipinski definition) is 2. The minimum atomic E-state index is -0.585. The number of fused-ring (bicyclic) bond motifs is 1. The van der Waals surface area contributed by atoms with Crippen LogP contribution in [0.25, 0.3) is 16.6 Å². The van der Waals surface area contributed by atoms with Crippen molar-refractivity contribution >= 4 is 40.6 Å². The molecule has 29 heavy (non-hydrogen) atoms. The number of nitrogens with one attached hydrogen (secondary N) is 2. The van der Waals surface area contributed by atoms with Crippen molar-refractivity contribution in [2.45, 2.75) is 18.9 Å². The van der Waals surface area contributed by atoms with E-state index in [1.165, 1.54) is 22.8 Å². The molecule has 0 aliphatic carbocycles. The number of carbonyl (C=O) groups excluding carboxylic acids is 1. The number of ether oxygens (including phenoxy) is 1. The molecule has 3 aromatic rings. The summed E-state index contributed by atoms with van der Waals surface area (Å²) in [6.45, 7) is 1.17. The van der Waals surface area contributed by atoms with Crippen LogP contribution in [0.5, 0.6) is 0 Å². The number of rotatable bonds is 4. The third-order valence-electron chi connectivity index (χ3n) is 4.84. The van der Waals surface area contributed by atoms with Crippen molar-refractivity contribution in [2.75, 3.05) is 13.2 Å². The Morgan fingerprint density at radius 2 is 2.17 bits per heavy atom. The summed E-state index contributed by atoms with van der Waals surface area (Å²) in [5, 5.41) is 3.08. The molecule has 9 heteroatoms. The van der Waals surface area contributed by atoms with Gasteiger partial charge in [-0.3, -0.25) is 14.2 Å². The fourth-order valence-electron chi connectivity index (χ4n) is 3.33. The maximum Gasteiger partial charge on any atom is 0.266 e. The third kappa shape index (κ3) is 3.96. The number of aromatic nitrogens is 2. The summed E-state index contributed by atoms with van der Waals surface area (Å²) in [5.41, 5.74) is 0.804. The molecule has 1 amide bonds. The molecule has 0 bridgehead atoms. The first kappa shape index (κ1) is 19.8. The molecule has 0 spiro atoms. The lowest BCUT2D eigenvalue weighted by atomic mass is 10.1. The molecular weight excluding hydrogens is 417 g/mol. The molecule has 2 N–H and O–H groups in total. The van der Waals surface area contributed by atoms with E-state index in [9.17, 15) is 14.0 Å². The van der Waals surface area contributed by atoms with Gasteiger partial charge in [0.2, 0.25) is 0 Å². The molecule has 1 aromatic heterocycles. The number of carbonyl (C=O) groups is 1. The van der Waals surface area contributed by atoms with Crippen molar-refractivity contribution in [2.24, 2.45) is 0 Å². The second-order valence-electron chi connectivity index (χ2n) is 6.77. The van der Waals surface area contributed by atoms with E-state index < -0.39 is 11.4 Å². The molecular formula is C20H17ClFN3O3S. The maximum absolute atomic E-state index is 13.5. The van der Waals surface area contributed by atoms with Gasteiger partial charge in [0, 0.05) is 18.7 Å². The van der Waals surface area contributed by atoms with Crippen LogP contribution in [0.15, 0.2) is 41.2 Å². The van der Waals surface area contributed by atoms with Crippen molar-refractivity contribution in [3.05, 3.63) is 67.9 Å². The highest BCUT2D eigenvalue weighted by Crippen LogP contribution is 2.19. The van der Waals surface area contributed by atoms with Crippen molar-refractivity contribution in [1.29, 1.82) is 0 Å². The first-order valence-electron chi connectivity index (χ1n) is 9.08. The number of H-pyrrole nitrogens is 1. The Labute approximate surface area is 175 Å². The van der Waals surface area contributed by atoms with Gasteiger partial charge in [0.15, 0.2) is 4.77 Å². The van der Waals surface area contributed by atoms with Gasteiger partial charge in [-0.15, -0.1) is 0 Å². The SMILES string of the molecule is O=C(NC[C@@H]1CCCO1)c1ccc2c(=O)n(-c3ccc(F)c(Cl)c3)c(=S)[nH]c2c1. The van der Waals surface area contributed by atoms with Gasteiger partial charge in [-0.25, -0.2) is 4.39 Å². The van der Waals surface area contributed by atoms with Crippen molar-refractivity contribution in [3.63, 3.8) is 0 Å². The quantitative estimate of drug-likeness (QED) is 0.614. The van der Waals surface area contributed by atoms with Gasteiger partial charge in [-0.05, 0) is 61.5 Å². The van der Waals surface area contributed by atoms with Gasteiger partial charge >= 0.3 is 0 Å². The molecule has 1 aliphatic rings. The molecule has 1 atom stereocenters. The van der Waals surface area contributed by atoms with E-state index in [0.717, 1.165) is 19.4 Å². The number of nitrogens with zero attached hydrogens (tertiary/aromatic N) is 1. The van der Waals surface area contributed by atoms with E-state index in [1.807, 2.05) is 0 Å². The van der Waals surface area contributed by atoms with Crippen LogP contribution in [0.3, 0.4) is 0 Å². The predicted molar refractivity (Wildman–Crippen MR) is 111 cm³/mol. The Balaban J connectivity index is 1.68. The molecule has 0 saturated carbocycles. The normalized spacial score (nSPS) is 16.3. The van der Waals surface area contributed by atoms with E-state index in [-0.39, 0.29) is 21.8 Å². The topological polar surface area (TPSA) is 76.1 Å². The van der Waals surface area contributed by atoms with Gasteiger partial charge in [-0.1, -0.05) is 11.6 Å². The second-order valence-corrected chi connectivity index (χ2v) is 7.57. The Kier molecular flexibility index (Phi) is 5.49. The fourth-order valence-corrected chi connectivity index (χ4v) is 3.80. The van der Waals surface area contributed by atoms with E-state index in [2.05, 4.69) is 10.3 Å². The maximum atomic E-state index is 13.5. The second kappa shape index (κ2) is 8.06. The number of hydrogen-bond acceptors (Lipinski definition) is 4. The van der Waals surface area contributed by atoms with Gasteiger partial charge in [0.25, 0.3) is 11.5 Å². The number of amides is 1. The molecule has 2 heterocycles. The highest BCUT2D eigenvalue weighted by atomic mass is 35.5. The molecule has 4 rings (SSSR count). The smallest absolute Gasteiger partial charge is 0.266 e. The average Bonchev–Trinajstić information content (AvgIpc) is 3.22. The number of benzene rings is 2. The lowest BCUT2D eigenvalue weighted by Gasteiger charge is -2.12. The largest absolute Gasteiger partial charge is 0.376 e. The van der Waals surface area contributed by atoms with E-state index in [1.54, 1.807) is 18.2 Å². The minimum Gasteiger partial charge on any atom is -0.376 e. The van der Waals surface area contributed by atoms with Crippen LogP contribution in [-0.4, -0.2) is 34.7 Å². The minimum absolute atomic E-state index is 0.0416. The number of halogens is 2. The van der Waals surface area contributed by atoms with Crippen LogP contribution >= 0.6 is 23.8 Å². The Bertz CT molecular complexity index is 1220. The summed E-state index contributed by atoms with van der Waals surface area (Å²) in [7, 11) is 0. The Morgan fingerprint density at radius 3 is 2.90 bits per heavy atom. The molecule has 150 valence electrons. The van der Waals surface area contributed by atoms with Crippen molar-refractivity contribution < 1.29 is 13.9 Å². The first-order valence-corrected chi connectivity index (χ1v) is 9.87. The van der Waals surface area contributed by atoms with E-state index in [4.69, 9.17) is 28.6 Å². The van der Waals surface area contributed by atoms with Crippen LogP contribution in [0.1, 0.15) is 23.2 Å². The molecule has 0 radical (unpaired) electrons. The summed E-state index contributed by atoms with van der Waals surface area (Å²) >= 11 is 11.1. The van der Waals surface area contributed by atoms with Crippen LogP contribution in [-0.2, 0) is 4.74 Å². The third-order valence-corrected chi connectivity index (χ3v) is 5.41. The summed E-state index contributed by atoms with van der Waals surface area (Å²) in [6.07, 6.45) is 1.97. The van der Waals surface area contributed by atoms with E-state index in [0.29, 0.717) is 28.7 Å². The predicted octanol–water partition coefficient (Wildman–Crippen LogP) is 3.75. The van der Waals surface area contributed by atoms with Crippen molar-refractivity contribution in [3.8, 4) is 5.69 Å². The fraction of sp³-hybridized carbons (Fsp3) is 0.250. The Morgan fingerprint density at radius 1 is 1.34 bits per heavy atom. The lowest BCUT2D eigenvalue weighted by Crippen LogP contribution is -2.31. The van der Waals surface area contributed by atoms with Gasteiger partial charge in [-0.2, -0.15) is 0 Å². The summed E-state index contributed by atoms with van der Waals surface area (Å²) in [5.74, 6) is -0.839. The highest BCUT2D eigenvalue weighted by molar-refractivity contribution is 7.71. The van der Waals surface area contributed by atoms with E-state index >= 15 is 0 Å². The van der Waals surface area contributed by atoms with Crippen LogP contribution in [0, 0.1) is 10.6 Å². The lowest BCUT2D eigenvalue weighted by molar-refractivity contribution is 0.0858. The summed E-state index contributed by atoms with van der Waals surface area (Å²) in [4.78, 5) is 28.3. The van der Waals surface area contributed by atoms with Crippen LogP contribution < -0.4 is 10.9 Å². The monoisotopic (exact) mass is 433 g/mol. The zero-order valence-corrected chi connectivity index (χ0v) is 16.8. The van der Waals surface area contributed by atoms with Crippen molar-refractivity contribution in [1.82, 2.24) is 14.9 Å².